The van der Waals surface area contributed by atoms with Crippen LogP contribution in [0.1, 0.15) is 44.7 Å². The molecule has 0 unspecified atom stereocenters. The van der Waals surface area contributed by atoms with Gasteiger partial charge in [-0.3, -0.25) is 19.3 Å². The monoisotopic (exact) mass is 571 g/mol. The van der Waals surface area contributed by atoms with Gasteiger partial charge in [0.25, 0.3) is 11.8 Å². The molecule has 1 atom stereocenters. The number of carbonyl (C=O) groups excluding carboxylic acids is 3. The fourth-order valence-electron chi connectivity index (χ4n) is 5.82. The van der Waals surface area contributed by atoms with Crippen LogP contribution in [-0.4, -0.2) is 72.9 Å². The summed E-state index contributed by atoms with van der Waals surface area (Å²) in [6.07, 6.45) is 0.775. The summed E-state index contributed by atoms with van der Waals surface area (Å²) in [6, 6.07) is 19.0. The molecule has 0 aromatic heterocycles. The molecule has 2 fully saturated rings. The second kappa shape index (κ2) is 11.4. The molecule has 6 rings (SSSR count). The topological polar surface area (TPSA) is 107 Å². The zero-order valence-electron chi connectivity index (χ0n) is 23.6. The fourth-order valence-corrected chi connectivity index (χ4v) is 5.82. The van der Waals surface area contributed by atoms with Gasteiger partial charge in [0, 0.05) is 43.6 Å². The molecule has 42 heavy (non-hydrogen) atoms. The average molecular weight is 572 g/mol. The zero-order chi connectivity index (χ0) is 29.3. The number of nitrogens with one attached hydrogen (secondary N) is 1. The van der Waals surface area contributed by atoms with Crippen LogP contribution < -0.4 is 19.5 Å². The summed E-state index contributed by atoms with van der Waals surface area (Å²) in [5, 5.41) is 2.98. The van der Waals surface area contributed by atoms with Gasteiger partial charge in [0.2, 0.25) is 12.7 Å². The highest BCUT2D eigenvalue weighted by atomic mass is 16.7. The normalized spacial score (nSPS) is 18.7. The molecule has 1 spiro atoms. The van der Waals surface area contributed by atoms with E-state index in [2.05, 4.69) is 5.32 Å². The molecule has 1 N–H and O–H groups in total. The van der Waals surface area contributed by atoms with E-state index < -0.39 is 11.8 Å². The van der Waals surface area contributed by atoms with Crippen LogP contribution in [0, 0.1) is 6.92 Å². The minimum absolute atomic E-state index is 0.0664. The molecule has 0 saturated carbocycles. The van der Waals surface area contributed by atoms with Crippen LogP contribution in [0.5, 0.6) is 17.2 Å². The van der Waals surface area contributed by atoms with Crippen molar-refractivity contribution in [3.8, 4) is 17.2 Å². The van der Waals surface area contributed by atoms with E-state index in [0.717, 1.165) is 11.1 Å². The third kappa shape index (κ3) is 5.25. The Morgan fingerprint density at radius 1 is 0.929 bits per heavy atom. The van der Waals surface area contributed by atoms with E-state index in [4.69, 9.17) is 18.9 Å². The standard InChI is InChI=1S/C32H33N3O7/c1-21-4-3-5-24(16-21)31(38)35-26(29(36)33-18-22-6-11-27-28(17-22)41-20-40-27)19-42-32(35)12-14-34(15-13-32)30(37)23-7-9-25(39-2)10-8-23/h3-11,16-17,26H,12-15,18-20H2,1-2H3,(H,33,36)/t26-/m1/s1. The van der Waals surface area contributed by atoms with Crippen LogP contribution in [-0.2, 0) is 16.1 Å². The Morgan fingerprint density at radius 3 is 2.43 bits per heavy atom. The third-order valence-corrected chi connectivity index (χ3v) is 8.12. The molecule has 3 heterocycles. The summed E-state index contributed by atoms with van der Waals surface area (Å²) < 4.78 is 22.4. The molecule has 10 nitrogen and oxygen atoms in total. The van der Waals surface area contributed by atoms with Crippen molar-refractivity contribution < 1.29 is 33.3 Å². The number of hydrogen-bond acceptors (Lipinski definition) is 7. The third-order valence-electron chi connectivity index (χ3n) is 8.12. The predicted molar refractivity (Wildman–Crippen MR) is 152 cm³/mol. The second-order valence-electron chi connectivity index (χ2n) is 10.7. The lowest BCUT2D eigenvalue weighted by atomic mass is 9.95. The van der Waals surface area contributed by atoms with Gasteiger partial charge in [-0.1, -0.05) is 23.8 Å². The summed E-state index contributed by atoms with van der Waals surface area (Å²) in [7, 11) is 1.58. The molecule has 3 aromatic carbocycles. The Balaban J connectivity index is 1.20. The molecular formula is C32H33N3O7. The number of likely N-dealkylation sites (tertiary alicyclic amines) is 1. The fraction of sp³-hybridized carbons (Fsp3) is 0.344. The number of aryl methyl sites for hydroxylation is 1. The lowest BCUT2D eigenvalue weighted by Crippen LogP contribution is -2.59. The number of ether oxygens (including phenoxy) is 4. The van der Waals surface area contributed by atoms with Crippen LogP contribution in [0.25, 0.3) is 0 Å². The van der Waals surface area contributed by atoms with Gasteiger partial charge in [-0.05, 0) is 61.0 Å². The van der Waals surface area contributed by atoms with Crippen LogP contribution in [0.3, 0.4) is 0 Å². The van der Waals surface area contributed by atoms with E-state index in [1.807, 2.05) is 43.3 Å². The SMILES string of the molecule is COc1ccc(C(=O)N2CCC3(CC2)OC[C@H](C(=O)NCc2ccc4c(c2)OCO4)N3C(=O)c2cccc(C)c2)cc1. The largest absolute Gasteiger partial charge is 0.497 e. The maximum Gasteiger partial charge on any atom is 0.256 e. The molecule has 0 aliphatic carbocycles. The number of piperidine rings is 1. The number of methoxy groups -OCH3 is 1. The minimum atomic E-state index is -1.00. The number of amides is 3. The van der Waals surface area contributed by atoms with E-state index in [1.165, 1.54) is 0 Å². The van der Waals surface area contributed by atoms with Crippen molar-refractivity contribution in [1.29, 1.82) is 0 Å². The molecule has 3 amide bonds. The van der Waals surface area contributed by atoms with Crippen molar-refractivity contribution in [1.82, 2.24) is 15.1 Å². The van der Waals surface area contributed by atoms with Gasteiger partial charge >= 0.3 is 0 Å². The highest BCUT2D eigenvalue weighted by Crippen LogP contribution is 2.39. The number of benzene rings is 3. The van der Waals surface area contributed by atoms with Crippen molar-refractivity contribution in [2.24, 2.45) is 0 Å². The van der Waals surface area contributed by atoms with E-state index in [1.54, 1.807) is 47.2 Å². The van der Waals surface area contributed by atoms with Crippen molar-refractivity contribution in [2.75, 3.05) is 33.6 Å². The molecular weight excluding hydrogens is 538 g/mol. The van der Waals surface area contributed by atoms with Gasteiger partial charge in [-0.25, -0.2) is 0 Å². The van der Waals surface area contributed by atoms with E-state index in [-0.39, 0.29) is 37.7 Å². The summed E-state index contributed by atoms with van der Waals surface area (Å²) in [4.78, 5) is 44.2. The highest BCUT2D eigenvalue weighted by molar-refractivity contribution is 5.99. The molecule has 218 valence electrons. The summed E-state index contributed by atoms with van der Waals surface area (Å²) in [5.41, 5.74) is 1.85. The second-order valence-corrected chi connectivity index (χ2v) is 10.7. The Bertz CT molecular complexity index is 1500. The smallest absolute Gasteiger partial charge is 0.256 e. The summed E-state index contributed by atoms with van der Waals surface area (Å²) in [5.74, 6) is 1.31. The Kier molecular flexibility index (Phi) is 7.47. The van der Waals surface area contributed by atoms with Crippen LogP contribution in [0.2, 0.25) is 0 Å². The lowest BCUT2D eigenvalue weighted by molar-refractivity contribution is -0.128. The highest BCUT2D eigenvalue weighted by Gasteiger charge is 2.54. The lowest BCUT2D eigenvalue weighted by Gasteiger charge is -2.44. The minimum Gasteiger partial charge on any atom is -0.497 e. The van der Waals surface area contributed by atoms with Crippen molar-refractivity contribution in [3.63, 3.8) is 0 Å². The Labute approximate surface area is 244 Å². The molecule has 0 bridgehead atoms. The van der Waals surface area contributed by atoms with Gasteiger partial charge in [0.1, 0.15) is 17.5 Å². The van der Waals surface area contributed by atoms with E-state index in [9.17, 15) is 14.4 Å². The van der Waals surface area contributed by atoms with Crippen LogP contribution in [0.4, 0.5) is 0 Å². The maximum absolute atomic E-state index is 14.0. The van der Waals surface area contributed by atoms with Gasteiger partial charge in [0.15, 0.2) is 11.5 Å². The summed E-state index contributed by atoms with van der Waals surface area (Å²) in [6.45, 7) is 3.19. The first-order chi connectivity index (χ1) is 20.4. The molecule has 3 aliphatic rings. The number of rotatable bonds is 6. The van der Waals surface area contributed by atoms with Crippen LogP contribution >= 0.6 is 0 Å². The molecule has 3 aliphatic heterocycles. The van der Waals surface area contributed by atoms with E-state index >= 15 is 0 Å². The number of fused-ring (bicyclic) bond motifs is 1. The Morgan fingerprint density at radius 2 is 1.69 bits per heavy atom. The molecule has 10 heteroatoms. The molecule has 2 saturated heterocycles. The summed E-state index contributed by atoms with van der Waals surface area (Å²) >= 11 is 0. The first-order valence-corrected chi connectivity index (χ1v) is 14.0. The zero-order valence-corrected chi connectivity index (χ0v) is 23.6. The van der Waals surface area contributed by atoms with Crippen molar-refractivity contribution in [2.45, 2.75) is 38.1 Å². The maximum atomic E-state index is 14.0. The first-order valence-electron chi connectivity index (χ1n) is 14.0. The van der Waals surface area contributed by atoms with Gasteiger partial charge in [-0.2, -0.15) is 0 Å². The predicted octanol–water partition coefficient (Wildman–Crippen LogP) is 3.52. The number of carbonyl (C=O) groups is 3. The quantitative estimate of drug-likeness (QED) is 0.483. The molecule has 0 radical (unpaired) electrons. The average Bonchev–Trinajstić information content (AvgIpc) is 3.64. The first kappa shape index (κ1) is 27.6. The van der Waals surface area contributed by atoms with Crippen LogP contribution in [0.15, 0.2) is 66.7 Å². The van der Waals surface area contributed by atoms with Gasteiger partial charge in [-0.15, -0.1) is 0 Å². The van der Waals surface area contributed by atoms with E-state index in [0.29, 0.717) is 54.3 Å². The van der Waals surface area contributed by atoms with Crippen molar-refractivity contribution >= 4 is 17.7 Å². The number of hydrogen-bond donors (Lipinski definition) is 1. The van der Waals surface area contributed by atoms with Gasteiger partial charge < -0.3 is 29.2 Å². The van der Waals surface area contributed by atoms with Crippen molar-refractivity contribution in [3.05, 3.63) is 89.0 Å². The molecule has 3 aromatic rings. The van der Waals surface area contributed by atoms with Gasteiger partial charge in [0.05, 0.1) is 13.7 Å². The number of nitrogens with zero attached hydrogens (tertiary/aromatic N) is 2. The Hall–Kier alpha value is -4.57.